The number of carbonyl (C=O) groups is 1. The van der Waals surface area contributed by atoms with Gasteiger partial charge in [-0.15, -0.1) is 0 Å². The normalized spacial score (nSPS) is 15.7. The van der Waals surface area contributed by atoms with Crippen molar-refractivity contribution in [2.45, 2.75) is 26.2 Å². The molecule has 1 aliphatic rings. The fraction of sp³-hybridized carbons (Fsp3) is 0.409. The smallest absolute Gasteiger partial charge is 0.286 e. The summed E-state index contributed by atoms with van der Waals surface area (Å²) in [7, 11) is 3.00. The van der Waals surface area contributed by atoms with E-state index >= 15 is 0 Å². The lowest BCUT2D eigenvalue weighted by molar-refractivity contribution is -0.905. The van der Waals surface area contributed by atoms with Crippen LogP contribution in [-0.2, 0) is 9.32 Å². The minimum Gasteiger partial charge on any atom is -0.644 e. The van der Waals surface area contributed by atoms with Gasteiger partial charge in [-0.2, -0.15) is 0 Å². The average molecular weight is 385 g/mol. The van der Waals surface area contributed by atoms with Crippen LogP contribution in [0.2, 0.25) is 0 Å². The van der Waals surface area contributed by atoms with Crippen molar-refractivity contribution in [2.24, 2.45) is 0 Å². The van der Waals surface area contributed by atoms with Gasteiger partial charge in [0.05, 0.1) is 26.7 Å². The Labute approximate surface area is 163 Å². The maximum absolute atomic E-state index is 13.0. The zero-order valence-corrected chi connectivity index (χ0v) is 17.2. The molecule has 0 saturated carbocycles. The van der Waals surface area contributed by atoms with Gasteiger partial charge in [0, 0.05) is 11.1 Å². The summed E-state index contributed by atoms with van der Waals surface area (Å²) in [6, 6.07) is 15.4. The SMILES string of the molecule is CCC[N+](C)(CC)CC[P-]OC(=O)C1c2ccccc2Oc2ccccc21. The van der Waals surface area contributed by atoms with Crippen LogP contribution in [0.5, 0.6) is 11.5 Å². The number of para-hydroxylation sites is 2. The highest BCUT2D eigenvalue weighted by molar-refractivity contribution is 7.32. The number of carbonyl (C=O) groups excluding carboxylic acids is 1. The van der Waals surface area contributed by atoms with E-state index < -0.39 is 5.92 Å². The molecule has 1 unspecified atom stereocenters. The van der Waals surface area contributed by atoms with Crippen LogP contribution in [-0.4, -0.2) is 43.3 Å². The molecule has 0 amide bonds. The minimum atomic E-state index is -0.429. The van der Waals surface area contributed by atoms with Gasteiger partial charge in [0.1, 0.15) is 17.4 Å². The van der Waals surface area contributed by atoms with E-state index in [1.54, 1.807) is 0 Å². The second-order valence-electron chi connectivity index (χ2n) is 7.26. The molecule has 0 bridgehead atoms. The van der Waals surface area contributed by atoms with Crippen LogP contribution < -0.4 is 4.74 Å². The van der Waals surface area contributed by atoms with E-state index in [2.05, 4.69) is 20.9 Å². The molecule has 0 aliphatic carbocycles. The predicted molar refractivity (Wildman–Crippen MR) is 109 cm³/mol. The number of quaternary nitrogens is 1. The van der Waals surface area contributed by atoms with E-state index in [4.69, 9.17) is 9.26 Å². The molecule has 0 saturated heterocycles. The Balaban J connectivity index is 1.68. The average Bonchev–Trinajstić information content (AvgIpc) is 2.69. The summed E-state index contributed by atoms with van der Waals surface area (Å²) in [5, 5.41) is 0. The first-order valence-electron chi connectivity index (χ1n) is 9.65. The molecular weight excluding hydrogens is 357 g/mol. The highest BCUT2D eigenvalue weighted by atomic mass is 31.1. The van der Waals surface area contributed by atoms with Crippen molar-refractivity contribution >= 4 is 14.8 Å². The van der Waals surface area contributed by atoms with E-state index in [-0.39, 0.29) is 5.97 Å². The van der Waals surface area contributed by atoms with Gasteiger partial charge < -0.3 is 22.6 Å². The quantitative estimate of drug-likeness (QED) is 0.356. The summed E-state index contributed by atoms with van der Waals surface area (Å²) < 4.78 is 12.7. The van der Waals surface area contributed by atoms with Crippen LogP contribution in [0, 0.1) is 0 Å². The summed E-state index contributed by atoms with van der Waals surface area (Å²) in [6.07, 6.45) is 2.01. The molecule has 3 rings (SSSR count). The maximum Gasteiger partial charge on any atom is 0.286 e. The van der Waals surface area contributed by atoms with Gasteiger partial charge in [-0.3, -0.25) is 4.79 Å². The Morgan fingerprint density at radius 3 is 2.19 bits per heavy atom. The van der Waals surface area contributed by atoms with Gasteiger partial charge in [-0.25, -0.2) is 0 Å². The molecule has 2 aromatic rings. The molecule has 1 aliphatic heterocycles. The standard InChI is InChI=1S/C22H28NO3P/c1-4-14-23(3,5-2)15-16-27-26-22(24)21-17-10-6-8-12-19(17)25-20-13-9-7-11-18(20)21/h6-13,21H,4-5,14-16H2,1-3H3. The van der Waals surface area contributed by atoms with Crippen molar-refractivity contribution in [3.63, 3.8) is 0 Å². The number of ether oxygens (including phenoxy) is 1. The number of fused-ring (bicyclic) bond motifs is 2. The Bertz CT molecular complexity index is 749. The molecule has 0 aromatic heterocycles. The third-order valence-electron chi connectivity index (χ3n) is 5.33. The minimum absolute atomic E-state index is 0.207. The lowest BCUT2D eigenvalue weighted by atomic mass is 9.88. The van der Waals surface area contributed by atoms with Gasteiger partial charge in [-0.1, -0.05) is 49.5 Å². The summed E-state index contributed by atoms with van der Waals surface area (Å²) in [6.45, 7) is 7.69. The summed E-state index contributed by atoms with van der Waals surface area (Å²) in [5.41, 5.74) is 1.74. The lowest BCUT2D eigenvalue weighted by Gasteiger charge is -2.36. The van der Waals surface area contributed by atoms with E-state index in [0.29, 0.717) is 0 Å². The van der Waals surface area contributed by atoms with E-state index in [0.717, 1.165) is 68.1 Å². The van der Waals surface area contributed by atoms with E-state index in [1.165, 1.54) is 0 Å². The summed E-state index contributed by atoms with van der Waals surface area (Å²) in [4.78, 5) is 13.0. The molecule has 4 nitrogen and oxygen atoms in total. The summed E-state index contributed by atoms with van der Waals surface area (Å²) >= 11 is 0. The van der Waals surface area contributed by atoms with Gasteiger partial charge in [0.2, 0.25) is 0 Å². The lowest BCUT2D eigenvalue weighted by Crippen LogP contribution is -2.45. The molecule has 1 atom stereocenters. The Morgan fingerprint density at radius 1 is 1.04 bits per heavy atom. The number of rotatable bonds is 8. The second-order valence-corrected chi connectivity index (χ2v) is 8.14. The van der Waals surface area contributed by atoms with Crippen molar-refractivity contribution in [1.82, 2.24) is 0 Å². The molecule has 5 heteroatoms. The monoisotopic (exact) mass is 385 g/mol. The fourth-order valence-corrected chi connectivity index (χ4v) is 4.46. The van der Waals surface area contributed by atoms with Gasteiger partial charge in [-0.05, 0) is 25.5 Å². The first-order chi connectivity index (χ1) is 13.1. The van der Waals surface area contributed by atoms with Crippen LogP contribution in [0.25, 0.3) is 0 Å². The molecule has 1 heterocycles. The van der Waals surface area contributed by atoms with Crippen LogP contribution in [0.4, 0.5) is 0 Å². The maximum atomic E-state index is 13.0. The molecule has 0 spiro atoms. The number of hydrogen-bond donors (Lipinski definition) is 0. The zero-order chi connectivity index (χ0) is 19.3. The van der Waals surface area contributed by atoms with Gasteiger partial charge in [0.15, 0.2) is 0 Å². The Kier molecular flexibility index (Phi) is 6.51. The molecule has 144 valence electrons. The van der Waals surface area contributed by atoms with Crippen molar-refractivity contribution in [1.29, 1.82) is 0 Å². The molecule has 0 fully saturated rings. The van der Waals surface area contributed by atoms with Gasteiger partial charge in [0.25, 0.3) is 5.97 Å². The highest BCUT2D eigenvalue weighted by Gasteiger charge is 2.32. The molecule has 0 radical (unpaired) electrons. The van der Waals surface area contributed by atoms with Crippen LogP contribution in [0.1, 0.15) is 37.3 Å². The van der Waals surface area contributed by atoms with Crippen molar-refractivity contribution < 1.29 is 18.5 Å². The first kappa shape index (κ1) is 19.9. The van der Waals surface area contributed by atoms with E-state index in [1.807, 2.05) is 48.5 Å². The molecular formula is C22H28NO3P. The Hall–Kier alpha value is -1.90. The van der Waals surface area contributed by atoms with Gasteiger partial charge >= 0.3 is 0 Å². The number of hydrogen-bond acceptors (Lipinski definition) is 3. The van der Waals surface area contributed by atoms with Crippen molar-refractivity contribution in [3.8, 4) is 11.5 Å². The predicted octanol–water partition coefficient (Wildman–Crippen LogP) is 5.21. The van der Waals surface area contributed by atoms with Crippen LogP contribution in [0.15, 0.2) is 48.5 Å². The number of benzene rings is 2. The summed E-state index contributed by atoms with van der Waals surface area (Å²) in [5.74, 6) is 0.823. The van der Waals surface area contributed by atoms with E-state index in [9.17, 15) is 4.79 Å². The molecule has 0 N–H and O–H groups in total. The van der Waals surface area contributed by atoms with Crippen molar-refractivity contribution in [2.75, 3.05) is 32.8 Å². The third kappa shape index (κ3) is 4.51. The van der Waals surface area contributed by atoms with Crippen LogP contribution in [0.3, 0.4) is 0 Å². The first-order valence-corrected chi connectivity index (χ1v) is 10.6. The zero-order valence-electron chi connectivity index (χ0n) is 16.4. The fourth-order valence-electron chi connectivity index (χ4n) is 3.58. The third-order valence-corrected chi connectivity index (χ3v) is 6.02. The highest BCUT2D eigenvalue weighted by Crippen LogP contribution is 2.45. The number of nitrogens with zero attached hydrogens (tertiary/aromatic N) is 1. The Morgan fingerprint density at radius 2 is 1.63 bits per heavy atom. The molecule has 27 heavy (non-hydrogen) atoms. The van der Waals surface area contributed by atoms with Crippen molar-refractivity contribution in [3.05, 3.63) is 59.7 Å². The topological polar surface area (TPSA) is 35.5 Å². The largest absolute Gasteiger partial charge is 0.644 e. The molecule has 2 aromatic carbocycles. The van der Waals surface area contributed by atoms with Crippen LogP contribution >= 0.6 is 8.81 Å². The second kappa shape index (κ2) is 8.86.